The molecule has 8 heteroatoms. The predicted octanol–water partition coefficient (Wildman–Crippen LogP) is 4.14. The maximum Gasteiger partial charge on any atom is 0.338 e. The highest BCUT2D eigenvalue weighted by atomic mass is 16.5. The van der Waals surface area contributed by atoms with E-state index in [1.54, 1.807) is 54.6 Å². The molecule has 3 aromatic rings. The first kappa shape index (κ1) is 20.8. The molecular formula is C22H21N3O5. The Morgan fingerprint density at radius 2 is 1.67 bits per heavy atom. The fourth-order valence-electron chi connectivity index (χ4n) is 2.47. The Morgan fingerprint density at radius 3 is 2.37 bits per heavy atom. The molecule has 3 rings (SSSR count). The van der Waals surface area contributed by atoms with Gasteiger partial charge in [0.1, 0.15) is 6.26 Å². The number of carbonyl (C=O) groups is 3. The average molecular weight is 407 g/mol. The summed E-state index contributed by atoms with van der Waals surface area (Å²) in [6.07, 6.45) is 2.90. The summed E-state index contributed by atoms with van der Waals surface area (Å²) in [6, 6.07) is 14.8. The molecule has 0 aliphatic carbocycles. The van der Waals surface area contributed by atoms with E-state index in [1.165, 1.54) is 0 Å². The van der Waals surface area contributed by atoms with Crippen LogP contribution in [0, 0.1) is 0 Å². The highest BCUT2D eigenvalue weighted by molar-refractivity contribution is 6.05. The van der Waals surface area contributed by atoms with Crippen LogP contribution >= 0.6 is 0 Å². The van der Waals surface area contributed by atoms with Crippen LogP contribution in [0.2, 0.25) is 0 Å². The lowest BCUT2D eigenvalue weighted by Crippen LogP contribution is -2.14. The van der Waals surface area contributed by atoms with Gasteiger partial charge in [-0.2, -0.15) is 4.98 Å². The fraction of sp³-hybridized carbons (Fsp3) is 0.182. The molecule has 2 aromatic carbocycles. The normalized spacial score (nSPS) is 10.3. The first-order chi connectivity index (χ1) is 14.6. The molecule has 0 unspecified atom stereocenters. The second-order valence-corrected chi connectivity index (χ2v) is 6.38. The van der Waals surface area contributed by atoms with Gasteiger partial charge in [-0.1, -0.05) is 31.5 Å². The SMILES string of the molecule is CCCCOC(=O)c1ccc(NC(=O)c2coc(NC(=O)c3ccccc3)n2)cc1. The van der Waals surface area contributed by atoms with Crippen LogP contribution in [-0.2, 0) is 4.74 Å². The minimum atomic E-state index is -0.516. The fourth-order valence-corrected chi connectivity index (χ4v) is 2.47. The standard InChI is InChI=1S/C22H21N3O5/c1-2-3-13-29-21(28)16-9-11-17(12-10-16)23-20(27)18-14-30-22(24-18)25-19(26)15-7-5-4-6-8-15/h4-12,14H,2-3,13H2,1H3,(H,23,27)(H,24,25,26). The number of hydrogen-bond acceptors (Lipinski definition) is 6. The lowest BCUT2D eigenvalue weighted by Gasteiger charge is -2.06. The van der Waals surface area contributed by atoms with E-state index in [9.17, 15) is 14.4 Å². The number of nitrogens with one attached hydrogen (secondary N) is 2. The van der Waals surface area contributed by atoms with Crippen LogP contribution in [0.1, 0.15) is 51.0 Å². The van der Waals surface area contributed by atoms with Crippen molar-refractivity contribution in [2.24, 2.45) is 0 Å². The summed E-state index contributed by atoms with van der Waals surface area (Å²) in [6.45, 7) is 2.39. The van der Waals surface area contributed by atoms with E-state index in [1.807, 2.05) is 6.92 Å². The van der Waals surface area contributed by atoms with Gasteiger partial charge in [-0.3, -0.25) is 14.9 Å². The first-order valence-electron chi connectivity index (χ1n) is 9.47. The van der Waals surface area contributed by atoms with Crippen molar-refractivity contribution in [3.8, 4) is 0 Å². The van der Waals surface area contributed by atoms with E-state index in [-0.39, 0.29) is 11.7 Å². The van der Waals surface area contributed by atoms with Crippen LogP contribution in [0.5, 0.6) is 0 Å². The lowest BCUT2D eigenvalue weighted by molar-refractivity contribution is 0.0499. The molecule has 1 heterocycles. The molecule has 154 valence electrons. The van der Waals surface area contributed by atoms with E-state index in [4.69, 9.17) is 9.15 Å². The Morgan fingerprint density at radius 1 is 0.933 bits per heavy atom. The molecule has 1 aromatic heterocycles. The minimum Gasteiger partial charge on any atom is -0.462 e. The number of unbranched alkanes of at least 4 members (excludes halogenated alkanes) is 1. The van der Waals surface area contributed by atoms with Crippen LogP contribution in [0.25, 0.3) is 0 Å². The van der Waals surface area contributed by atoms with Crippen LogP contribution in [0.4, 0.5) is 11.7 Å². The Kier molecular flexibility index (Phi) is 6.94. The summed E-state index contributed by atoms with van der Waals surface area (Å²) in [5, 5.41) is 5.14. The smallest absolute Gasteiger partial charge is 0.338 e. The molecule has 0 fully saturated rings. The largest absolute Gasteiger partial charge is 0.462 e. The summed E-state index contributed by atoms with van der Waals surface area (Å²) >= 11 is 0. The average Bonchev–Trinajstić information content (AvgIpc) is 3.23. The van der Waals surface area contributed by atoms with Gasteiger partial charge < -0.3 is 14.5 Å². The van der Waals surface area contributed by atoms with Crippen LogP contribution in [-0.4, -0.2) is 29.4 Å². The number of nitrogens with zero attached hydrogens (tertiary/aromatic N) is 1. The Hall–Kier alpha value is -3.94. The molecule has 0 radical (unpaired) electrons. The van der Waals surface area contributed by atoms with E-state index < -0.39 is 17.8 Å². The molecule has 0 bridgehead atoms. The van der Waals surface area contributed by atoms with Crippen LogP contribution in [0.3, 0.4) is 0 Å². The zero-order valence-electron chi connectivity index (χ0n) is 16.4. The zero-order chi connectivity index (χ0) is 21.3. The number of anilines is 2. The van der Waals surface area contributed by atoms with Gasteiger partial charge in [0, 0.05) is 11.3 Å². The van der Waals surface area contributed by atoms with Crippen molar-refractivity contribution in [1.29, 1.82) is 0 Å². The van der Waals surface area contributed by atoms with E-state index >= 15 is 0 Å². The van der Waals surface area contributed by atoms with Gasteiger partial charge in [0.25, 0.3) is 11.8 Å². The van der Waals surface area contributed by atoms with Crippen molar-refractivity contribution < 1.29 is 23.5 Å². The molecule has 2 N–H and O–H groups in total. The van der Waals surface area contributed by atoms with Gasteiger partial charge >= 0.3 is 12.0 Å². The monoisotopic (exact) mass is 407 g/mol. The molecule has 0 aliphatic heterocycles. The van der Waals surface area contributed by atoms with Crippen molar-refractivity contribution in [2.75, 3.05) is 17.2 Å². The van der Waals surface area contributed by atoms with Crippen LogP contribution in [0.15, 0.2) is 65.3 Å². The van der Waals surface area contributed by atoms with Gasteiger partial charge in [-0.25, -0.2) is 4.79 Å². The zero-order valence-corrected chi connectivity index (χ0v) is 16.4. The summed E-state index contributed by atoms with van der Waals surface area (Å²) in [7, 11) is 0. The van der Waals surface area contributed by atoms with Gasteiger partial charge in [0.05, 0.1) is 12.2 Å². The van der Waals surface area contributed by atoms with Crippen molar-refractivity contribution in [2.45, 2.75) is 19.8 Å². The molecule has 0 saturated carbocycles. The predicted molar refractivity (Wildman–Crippen MR) is 110 cm³/mol. The number of carbonyl (C=O) groups excluding carboxylic acids is 3. The van der Waals surface area contributed by atoms with Crippen LogP contribution < -0.4 is 10.6 Å². The molecule has 0 spiro atoms. The number of oxazole rings is 1. The molecular weight excluding hydrogens is 386 g/mol. The summed E-state index contributed by atoms with van der Waals surface area (Å²) in [4.78, 5) is 40.3. The topological polar surface area (TPSA) is 111 Å². The molecule has 0 atom stereocenters. The number of amides is 2. The number of aromatic nitrogens is 1. The Balaban J connectivity index is 1.56. The van der Waals surface area contributed by atoms with Gasteiger partial charge in [0.2, 0.25) is 0 Å². The van der Waals surface area contributed by atoms with E-state index in [2.05, 4.69) is 15.6 Å². The number of esters is 1. The molecule has 8 nitrogen and oxygen atoms in total. The van der Waals surface area contributed by atoms with Gasteiger partial charge in [-0.05, 0) is 42.8 Å². The highest BCUT2D eigenvalue weighted by Gasteiger charge is 2.15. The number of ether oxygens (including phenoxy) is 1. The summed E-state index contributed by atoms with van der Waals surface area (Å²) in [5.41, 5.74) is 1.32. The van der Waals surface area contributed by atoms with E-state index in [0.717, 1.165) is 19.1 Å². The second kappa shape index (κ2) is 10.0. The van der Waals surface area contributed by atoms with Gasteiger partial charge in [0.15, 0.2) is 5.69 Å². The summed E-state index contributed by atoms with van der Waals surface area (Å²) < 4.78 is 10.3. The van der Waals surface area contributed by atoms with Crippen molar-refractivity contribution in [3.05, 3.63) is 77.7 Å². The third-order valence-electron chi connectivity index (χ3n) is 4.10. The lowest BCUT2D eigenvalue weighted by atomic mass is 10.2. The van der Waals surface area contributed by atoms with Crippen molar-refractivity contribution >= 4 is 29.5 Å². The minimum absolute atomic E-state index is 0.00131. The number of benzene rings is 2. The Labute approximate surface area is 173 Å². The molecule has 0 saturated heterocycles. The van der Waals surface area contributed by atoms with Crippen molar-refractivity contribution in [3.63, 3.8) is 0 Å². The maximum absolute atomic E-state index is 12.3. The number of hydrogen-bond donors (Lipinski definition) is 2. The molecule has 2 amide bonds. The number of rotatable bonds is 8. The molecule has 0 aliphatic rings. The Bertz CT molecular complexity index is 1010. The van der Waals surface area contributed by atoms with Gasteiger partial charge in [-0.15, -0.1) is 0 Å². The van der Waals surface area contributed by atoms with Crippen molar-refractivity contribution in [1.82, 2.24) is 4.98 Å². The van der Waals surface area contributed by atoms with E-state index in [0.29, 0.717) is 23.4 Å². The quantitative estimate of drug-likeness (QED) is 0.429. The second-order valence-electron chi connectivity index (χ2n) is 6.38. The molecule has 30 heavy (non-hydrogen) atoms. The third kappa shape index (κ3) is 5.54. The highest BCUT2D eigenvalue weighted by Crippen LogP contribution is 2.14. The third-order valence-corrected chi connectivity index (χ3v) is 4.10. The summed E-state index contributed by atoms with van der Waals surface area (Å²) in [5.74, 6) is -1.32. The maximum atomic E-state index is 12.3. The first-order valence-corrected chi connectivity index (χ1v) is 9.47.